The number of benzene rings is 1. The van der Waals surface area contributed by atoms with E-state index in [1.807, 2.05) is 13.8 Å². The highest BCUT2D eigenvalue weighted by molar-refractivity contribution is 6.34. The van der Waals surface area contributed by atoms with Gasteiger partial charge in [0.15, 0.2) is 11.6 Å². The summed E-state index contributed by atoms with van der Waals surface area (Å²) in [6, 6.07) is 6.57. The Kier molecular flexibility index (Phi) is 2.84. The Morgan fingerprint density at radius 2 is 1.82 bits per heavy atom. The third-order valence-corrected chi connectivity index (χ3v) is 2.74. The van der Waals surface area contributed by atoms with Crippen molar-refractivity contribution in [3.05, 3.63) is 41.0 Å². The van der Waals surface area contributed by atoms with Gasteiger partial charge in [-0.15, -0.1) is 0 Å². The van der Waals surface area contributed by atoms with Gasteiger partial charge in [0.25, 0.3) is 0 Å². The molecular weight excluding hydrogens is 216 g/mol. The molecule has 0 spiro atoms. The van der Waals surface area contributed by atoms with E-state index in [9.17, 15) is 14.7 Å². The molecule has 17 heavy (non-hydrogen) atoms. The predicted octanol–water partition coefficient (Wildman–Crippen LogP) is 1.57. The van der Waals surface area contributed by atoms with Crippen LogP contribution in [0.4, 0.5) is 0 Å². The molecule has 0 fully saturated rings. The number of fused-ring (bicyclic) bond motifs is 1. The predicted molar refractivity (Wildman–Crippen MR) is 62.2 cm³/mol. The molecule has 2 rings (SSSR count). The summed E-state index contributed by atoms with van der Waals surface area (Å²) < 4.78 is 0. The number of hydrogen-bond acceptors (Lipinski definition) is 3. The molecule has 0 radical (unpaired) electrons. The number of Topliss-reactive ketones (excluding diaryl/α,β-unsaturated/α-hetero) is 2. The zero-order valence-corrected chi connectivity index (χ0v) is 9.82. The number of allylic oxidation sites excluding steroid dienone is 1. The van der Waals surface area contributed by atoms with E-state index in [2.05, 4.69) is 0 Å². The highest BCUT2D eigenvalue weighted by atomic mass is 16.3. The molecule has 0 atom stereocenters. The first-order valence-electron chi connectivity index (χ1n) is 5.61. The molecule has 0 saturated carbocycles. The third kappa shape index (κ3) is 1.88. The number of carbonyl (C=O) groups is 2. The van der Waals surface area contributed by atoms with E-state index in [1.54, 1.807) is 24.3 Å². The van der Waals surface area contributed by atoms with Crippen molar-refractivity contribution < 1.29 is 14.7 Å². The topological polar surface area (TPSA) is 57.2 Å². The van der Waals surface area contributed by atoms with Crippen LogP contribution in [0.5, 0.6) is 0 Å². The standard InChI is InChI=1S/C14H14O3/c1-8(2)7-11(15)12-13(16)9-5-3-4-6-10(9)14(12)17/h3-6,8,16H,7H2,1-2H3/p-1. The Labute approximate surface area is 99.8 Å². The lowest BCUT2D eigenvalue weighted by molar-refractivity contribution is -0.244. The van der Waals surface area contributed by atoms with E-state index in [-0.39, 0.29) is 23.7 Å². The van der Waals surface area contributed by atoms with E-state index < -0.39 is 11.5 Å². The van der Waals surface area contributed by atoms with Gasteiger partial charge in [0.1, 0.15) is 0 Å². The monoisotopic (exact) mass is 229 g/mol. The van der Waals surface area contributed by atoms with E-state index >= 15 is 0 Å². The van der Waals surface area contributed by atoms with Gasteiger partial charge >= 0.3 is 0 Å². The first-order valence-corrected chi connectivity index (χ1v) is 5.61. The summed E-state index contributed by atoms with van der Waals surface area (Å²) in [5.74, 6) is -1.04. The van der Waals surface area contributed by atoms with E-state index in [4.69, 9.17) is 0 Å². The fourth-order valence-corrected chi connectivity index (χ4v) is 1.98. The van der Waals surface area contributed by atoms with Gasteiger partial charge < -0.3 is 5.11 Å². The van der Waals surface area contributed by atoms with Gasteiger partial charge in [-0.1, -0.05) is 43.9 Å². The van der Waals surface area contributed by atoms with Gasteiger partial charge in [-0.05, 0) is 11.5 Å². The van der Waals surface area contributed by atoms with Crippen molar-refractivity contribution in [1.29, 1.82) is 0 Å². The zero-order chi connectivity index (χ0) is 12.6. The minimum atomic E-state index is -0.420. The quantitative estimate of drug-likeness (QED) is 0.739. The molecule has 3 nitrogen and oxygen atoms in total. The molecule has 0 unspecified atom stereocenters. The van der Waals surface area contributed by atoms with Crippen molar-refractivity contribution in [3.8, 4) is 0 Å². The smallest absolute Gasteiger partial charge is 0.196 e. The molecule has 0 bridgehead atoms. The van der Waals surface area contributed by atoms with Crippen LogP contribution in [0.15, 0.2) is 29.8 Å². The van der Waals surface area contributed by atoms with Crippen molar-refractivity contribution in [2.24, 2.45) is 5.92 Å². The number of carbonyl (C=O) groups excluding carboxylic acids is 2. The molecular formula is C14H13O3-. The Bertz CT molecular complexity index is 524. The van der Waals surface area contributed by atoms with Gasteiger partial charge in [-0.2, -0.15) is 0 Å². The molecule has 0 amide bonds. The van der Waals surface area contributed by atoms with Crippen molar-refractivity contribution in [1.82, 2.24) is 0 Å². The van der Waals surface area contributed by atoms with Crippen LogP contribution in [0, 0.1) is 5.92 Å². The fraction of sp³-hybridized carbons (Fsp3) is 0.286. The summed E-state index contributed by atoms with van der Waals surface area (Å²) in [4.78, 5) is 23.8. The fourth-order valence-electron chi connectivity index (χ4n) is 1.98. The van der Waals surface area contributed by atoms with Crippen molar-refractivity contribution in [3.63, 3.8) is 0 Å². The van der Waals surface area contributed by atoms with Gasteiger partial charge in [0, 0.05) is 12.0 Å². The summed E-state index contributed by atoms with van der Waals surface area (Å²) >= 11 is 0. The first-order chi connectivity index (χ1) is 8.02. The van der Waals surface area contributed by atoms with Gasteiger partial charge in [0.2, 0.25) is 0 Å². The van der Waals surface area contributed by atoms with Crippen LogP contribution in [-0.2, 0) is 4.79 Å². The van der Waals surface area contributed by atoms with Crippen LogP contribution in [0.25, 0.3) is 5.76 Å². The normalized spacial score (nSPS) is 14.4. The Hall–Kier alpha value is -1.90. The average Bonchev–Trinajstić information content (AvgIpc) is 2.51. The van der Waals surface area contributed by atoms with E-state index in [0.717, 1.165) is 0 Å². The Morgan fingerprint density at radius 3 is 2.35 bits per heavy atom. The summed E-state index contributed by atoms with van der Waals surface area (Å²) in [6.45, 7) is 3.77. The SMILES string of the molecule is CC(C)CC(=O)C1=C([O-])c2ccccc2C1=O. The summed E-state index contributed by atoms with van der Waals surface area (Å²) in [6.07, 6.45) is 0.237. The van der Waals surface area contributed by atoms with Crippen LogP contribution >= 0.6 is 0 Å². The average molecular weight is 229 g/mol. The summed E-state index contributed by atoms with van der Waals surface area (Å²) in [5, 5.41) is 12.0. The first kappa shape index (κ1) is 11.6. The van der Waals surface area contributed by atoms with Crippen LogP contribution < -0.4 is 5.11 Å². The lowest BCUT2D eigenvalue weighted by atomic mass is 9.99. The molecule has 1 aliphatic rings. The van der Waals surface area contributed by atoms with Crippen molar-refractivity contribution in [2.75, 3.05) is 0 Å². The van der Waals surface area contributed by atoms with Crippen LogP contribution in [0.1, 0.15) is 36.2 Å². The molecule has 0 aliphatic heterocycles. The third-order valence-electron chi connectivity index (χ3n) is 2.74. The lowest BCUT2D eigenvalue weighted by Crippen LogP contribution is -2.15. The van der Waals surface area contributed by atoms with Gasteiger partial charge in [0.05, 0.1) is 5.57 Å². The Balaban J connectivity index is 2.42. The summed E-state index contributed by atoms with van der Waals surface area (Å²) in [7, 11) is 0. The second-order valence-electron chi connectivity index (χ2n) is 4.60. The van der Waals surface area contributed by atoms with Crippen LogP contribution in [-0.4, -0.2) is 11.6 Å². The highest BCUT2D eigenvalue weighted by Gasteiger charge is 2.28. The molecule has 3 heteroatoms. The number of rotatable bonds is 3. The molecule has 0 heterocycles. The minimum absolute atomic E-state index is 0.138. The highest BCUT2D eigenvalue weighted by Crippen LogP contribution is 2.30. The molecule has 0 aromatic heterocycles. The van der Waals surface area contributed by atoms with Crippen LogP contribution in [0.2, 0.25) is 0 Å². The maximum absolute atomic E-state index is 12.0. The second-order valence-corrected chi connectivity index (χ2v) is 4.60. The molecule has 1 aliphatic carbocycles. The maximum Gasteiger partial charge on any atom is 0.196 e. The van der Waals surface area contributed by atoms with Crippen LogP contribution in [0.3, 0.4) is 0 Å². The molecule has 0 N–H and O–H groups in total. The summed E-state index contributed by atoms with van der Waals surface area (Å²) in [5.41, 5.74) is 0.536. The van der Waals surface area contributed by atoms with Crippen molar-refractivity contribution in [2.45, 2.75) is 20.3 Å². The largest absolute Gasteiger partial charge is 0.871 e. The molecule has 88 valence electrons. The van der Waals surface area contributed by atoms with Gasteiger partial charge in [-0.25, -0.2) is 0 Å². The second kappa shape index (κ2) is 4.17. The molecule has 1 aromatic rings. The minimum Gasteiger partial charge on any atom is -0.871 e. The lowest BCUT2D eigenvalue weighted by Gasteiger charge is -2.11. The van der Waals surface area contributed by atoms with E-state index in [0.29, 0.717) is 11.1 Å². The zero-order valence-electron chi connectivity index (χ0n) is 9.82. The maximum atomic E-state index is 12.0. The number of ketones is 2. The number of hydrogen-bond donors (Lipinski definition) is 0. The Morgan fingerprint density at radius 1 is 1.24 bits per heavy atom. The molecule has 1 aromatic carbocycles. The van der Waals surface area contributed by atoms with Gasteiger partial charge in [-0.3, -0.25) is 9.59 Å². The molecule has 0 saturated heterocycles. The van der Waals surface area contributed by atoms with E-state index in [1.165, 1.54) is 0 Å². The van der Waals surface area contributed by atoms with Crippen molar-refractivity contribution >= 4 is 17.3 Å².